The van der Waals surface area contributed by atoms with Crippen molar-refractivity contribution in [3.63, 3.8) is 0 Å². The Bertz CT molecular complexity index is 584. The van der Waals surface area contributed by atoms with E-state index in [1.54, 1.807) is 0 Å². The number of H-pyrrole nitrogens is 1. The van der Waals surface area contributed by atoms with E-state index in [0.717, 1.165) is 25.1 Å². The topological polar surface area (TPSA) is 75.1 Å². The van der Waals surface area contributed by atoms with E-state index in [1.165, 1.54) is 4.40 Å². The summed E-state index contributed by atoms with van der Waals surface area (Å²) in [4.78, 5) is 16.1. The van der Waals surface area contributed by atoms with E-state index >= 15 is 0 Å². The summed E-state index contributed by atoms with van der Waals surface area (Å²) < 4.78 is 1.47. The fourth-order valence-electron chi connectivity index (χ4n) is 1.75. The van der Waals surface area contributed by atoms with Crippen molar-refractivity contribution in [2.75, 3.05) is 11.9 Å². The average Bonchev–Trinajstić information content (AvgIpc) is 2.70. The number of nitrogens with zero attached hydrogens (tertiary/aromatic N) is 3. The first-order chi connectivity index (χ1) is 8.61. The van der Waals surface area contributed by atoms with E-state index in [-0.39, 0.29) is 5.69 Å². The van der Waals surface area contributed by atoms with Crippen LogP contribution in [0.1, 0.15) is 32.9 Å². The molecule has 0 unspecified atom stereocenters. The highest BCUT2D eigenvalue weighted by atomic mass is 16.1. The summed E-state index contributed by atoms with van der Waals surface area (Å²) in [6, 6.07) is 1.82. The van der Waals surface area contributed by atoms with Crippen LogP contribution in [0.15, 0.2) is 10.9 Å². The van der Waals surface area contributed by atoms with Gasteiger partial charge in [-0.2, -0.15) is 5.10 Å². The smallest absolute Gasteiger partial charge is 0.350 e. The lowest BCUT2D eigenvalue weighted by molar-refractivity contribution is 0.605. The van der Waals surface area contributed by atoms with E-state index in [2.05, 4.69) is 34.3 Å². The van der Waals surface area contributed by atoms with Crippen LogP contribution in [-0.2, 0) is 6.42 Å². The van der Waals surface area contributed by atoms with Gasteiger partial charge < -0.3 is 5.32 Å². The van der Waals surface area contributed by atoms with E-state index < -0.39 is 0 Å². The molecule has 6 nitrogen and oxygen atoms in total. The number of nitrogens with one attached hydrogen (secondary N) is 2. The van der Waals surface area contributed by atoms with Crippen molar-refractivity contribution in [1.82, 2.24) is 19.6 Å². The minimum Gasteiger partial charge on any atom is -0.355 e. The van der Waals surface area contributed by atoms with Gasteiger partial charge >= 0.3 is 5.69 Å². The molecule has 0 aromatic carbocycles. The Balaban J connectivity index is 2.34. The molecular formula is C12H19N5O. The quantitative estimate of drug-likeness (QED) is 0.840. The number of anilines is 1. The summed E-state index contributed by atoms with van der Waals surface area (Å²) in [6.07, 6.45) is 1.85. The number of hydrogen-bond acceptors (Lipinski definition) is 4. The molecule has 0 radical (unpaired) electrons. The van der Waals surface area contributed by atoms with E-state index in [1.807, 2.05) is 13.0 Å². The molecule has 2 heterocycles. The molecule has 0 saturated carbocycles. The minimum absolute atomic E-state index is 0.257. The van der Waals surface area contributed by atoms with Crippen LogP contribution in [0.25, 0.3) is 5.65 Å². The molecule has 2 rings (SSSR count). The SMILES string of the molecule is CCc1cc2n[nH]c(=O)n2c(NCCC(C)C)n1. The first-order valence-corrected chi connectivity index (χ1v) is 6.32. The Kier molecular flexibility index (Phi) is 3.64. The van der Waals surface area contributed by atoms with Crippen molar-refractivity contribution in [2.45, 2.75) is 33.6 Å². The summed E-state index contributed by atoms with van der Waals surface area (Å²) in [6.45, 7) is 7.15. The molecule has 2 N–H and O–H groups in total. The van der Waals surface area contributed by atoms with Crippen molar-refractivity contribution in [3.05, 3.63) is 22.2 Å². The van der Waals surface area contributed by atoms with E-state index in [4.69, 9.17) is 0 Å². The standard InChI is InChI=1S/C12H19N5O/c1-4-9-7-10-15-16-12(18)17(10)11(14-9)13-6-5-8(2)3/h7-8H,4-6H2,1-3H3,(H,13,14)(H,16,18). The number of aryl methyl sites for hydroxylation is 1. The number of fused-ring (bicyclic) bond motifs is 1. The fraction of sp³-hybridized carbons (Fsp3) is 0.583. The summed E-state index contributed by atoms with van der Waals surface area (Å²) in [5.74, 6) is 1.19. The van der Waals surface area contributed by atoms with Crippen LogP contribution in [0.2, 0.25) is 0 Å². The van der Waals surface area contributed by atoms with Crippen molar-refractivity contribution >= 4 is 11.6 Å². The molecule has 0 amide bonds. The van der Waals surface area contributed by atoms with Crippen molar-refractivity contribution < 1.29 is 0 Å². The van der Waals surface area contributed by atoms with Gasteiger partial charge in [0.2, 0.25) is 5.95 Å². The van der Waals surface area contributed by atoms with Crippen LogP contribution < -0.4 is 11.0 Å². The number of aromatic nitrogens is 4. The highest BCUT2D eigenvalue weighted by molar-refractivity contribution is 5.45. The largest absolute Gasteiger partial charge is 0.355 e. The van der Waals surface area contributed by atoms with Gasteiger partial charge in [0.25, 0.3) is 0 Å². The summed E-state index contributed by atoms with van der Waals surface area (Å²) in [5, 5.41) is 9.63. The molecule has 18 heavy (non-hydrogen) atoms. The Morgan fingerprint density at radius 2 is 2.28 bits per heavy atom. The van der Waals surface area contributed by atoms with Crippen LogP contribution in [0.5, 0.6) is 0 Å². The molecule has 0 bridgehead atoms. The third-order valence-corrected chi connectivity index (χ3v) is 2.82. The molecule has 0 aliphatic carbocycles. The van der Waals surface area contributed by atoms with Gasteiger partial charge in [-0.25, -0.2) is 19.3 Å². The second kappa shape index (κ2) is 5.20. The maximum atomic E-state index is 11.7. The molecule has 0 aliphatic heterocycles. The van der Waals surface area contributed by atoms with Crippen LogP contribution >= 0.6 is 0 Å². The van der Waals surface area contributed by atoms with Gasteiger partial charge in [-0.3, -0.25) is 0 Å². The normalized spacial score (nSPS) is 11.3. The van der Waals surface area contributed by atoms with Crippen molar-refractivity contribution in [3.8, 4) is 0 Å². The molecular weight excluding hydrogens is 230 g/mol. The lowest BCUT2D eigenvalue weighted by Crippen LogP contribution is -2.18. The van der Waals surface area contributed by atoms with Gasteiger partial charge in [0.15, 0.2) is 5.65 Å². The second-order valence-corrected chi connectivity index (χ2v) is 4.76. The van der Waals surface area contributed by atoms with Gasteiger partial charge in [-0.15, -0.1) is 0 Å². The van der Waals surface area contributed by atoms with E-state index in [9.17, 15) is 4.79 Å². The zero-order valence-electron chi connectivity index (χ0n) is 11.0. The predicted molar refractivity (Wildman–Crippen MR) is 70.9 cm³/mol. The number of hydrogen-bond donors (Lipinski definition) is 2. The molecule has 0 fully saturated rings. The summed E-state index contributed by atoms with van der Waals surface area (Å²) >= 11 is 0. The Labute approximate surface area is 105 Å². The first kappa shape index (κ1) is 12.6. The second-order valence-electron chi connectivity index (χ2n) is 4.76. The summed E-state index contributed by atoms with van der Waals surface area (Å²) in [5.41, 5.74) is 1.28. The maximum Gasteiger partial charge on any atom is 0.350 e. The highest BCUT2D eigenvalue weighted by Crippen LogP contribution is 2.09. The van der Waals surface area contributed by atoms with Gasteiger partial charge in [0, 0.05) is 18.3 Å². The van der Waals surface area contributed by atoms with Crippen molar-refractivity contribution in [2.24, 2.45) is 5.92 Å². The Morgan fingerprint density at radius 3 is 2.94 bits per heavy atom. The number of aromatic amines is 1. The summed E-state index contributed by atoms with van der Waals surface area (Å²) in [7, 11) is 0. The molecule has 0 aliphatic rings. The van der Waals surface area contributed by atoms with Crippen molar-refractivity contribution in [1.29, 1.82) is 0 Å². The van der Waals surface area contributed by atoms with Crippen LogP contribution in [0.3, 0.4) is 0 Å². The van der Waals surface area contributed by atoms with Crippen LogP contribution in [0, 0.1) is 5.92 Å². The van der Waals surface area contributed by atoms with Gasteiger partial charge in [-0.1, -0.05) is 20.8 Å². The maximum absolute atomic E-state index is 11.7. The molecule has 0 saturated heterocycles. The van der Waals surface area contributed by atoms with Gasteiger partial charge in [0.05, 0.1) is 0 Å². The minimum atomic E-state index is -0.257. The number of rotatable bonds is 5. The third kappa shape index (κ3) is 2.52. The molecule has 98 valence electrons. The van der Waals surface area contributed by atoms with Crippen LogP contribution in [0.4, 0.5) is 5.95 Å². The fourth-order valence-corrected chi connectivity index (χ4v) is 1.75. The Morgan fingerprint density at radius 1 is 1.50 bits per heavy atom. The molecule has 6 heteroatoms. The molecule has 0 atom stereocenters. The zero-order chi connectivity index (χ0) is 13.1. The van der Waals surface area contributed by atoms with E-state index in [0.29, 0.717) is 17.5 Å². The average molecular weight is 249 g/mol. The zero-order valence-corrected chi connectivity index (χ0v) is 11.0. The van der Waals surface area contributed by atoms with Gasteiger partial charge in [0.1, 0.15) is 0 Å². The van der Waals surface area contributed by atoms with Crippen LogP contribution in [-0.4, -0.2) is 26.1 Å². The molecule has 0 spiro atoms. The predicted octanol–water partition coefficient (Wildman–Crippen LogP) is 1.44. The monoisotopic (exact) mass is 249 g/mol. The first-order valence-electron chi connectivity index (χ1n) is 6.32. The molecule has 2 aromatic rings. The van der Waals surface area contributed by atoms with Gasteiger partial charge in [-0.05, 0) is 18.8 Å². The highest BCUT2D eigenvalue weighted by Gasteiger charge is 2.09. The molecule has 2 aromatic heterocycles. The Hall–Kier alpha value is -1.85. The lowest BCUT2D eigenvalue weighted by atomic mass is 10.1. The third-order valence-electron chi connectivity index (χ3n) is 2.82. The lowest BCUT2D eigenvalue weighted by Gasteiger charge is -2.09.